The van der Waals surface area contributed by atoms with Crippen molar-refractivity contribution >= 4 is 23.9 Å². The van der Waals surface area contributed by atoms with Crippen LogP contribution in [-0.4, -0.2) is 89.1 Å². The van der Waals surface area contributed by atoms with Crippen molar-refractivity contribution in [2.75, 3.05) is 34.5 Å². The highest BCUT2D eigenvalue weighted by atomic mass is 16.7. The van der Waals surface area contributed by atoms with E-state index in [0.29, 0.717) is 17.1 Å². The molecule has 0 aliphatic carbocycles. The molecule has 0 amide bonds. The van der Waals surface area contributed by atoms with Gasteiger partial charge in [0.05, 0.1) is 20.8 Å². The van der Waals surface area contributed by atoms with E-state index >= 15 is 0 Å². The molecule has 14 heteroatoms. The Morgan fingerprint density at radius 2 is 1.44 bits per heavy atom. The highest BCUT2D eigenvalue weighted by Gasteiger charge is 2.48. The van der Waals surface area contributed by atoms with E-state index in [9.17, 15) is 19.2 Å². The monoisotopic (exact) mass is 634 g/mol. The molecule has 0 bridgehead atoms. The van der Waals surface area contributed by atoms with Gasteiger partial charge in [-0.25, -0.2) is 0 Å². The number of methoxy groups -OCH3 is 3. The number of hydrogen-bond acceptors (Lipinski definition) is 14. The third-order valence-corrected chi connectivity index (χ3v) is 6.44. The van der Waals surface area contributed by atoms with Crippen molar-refractivity contribution in [1.82, 2.24) is 0 Å². The van der Waals surface area contributed by atoms with Crippen LogP contribution in [0.2, 0.25) is 0 Å². The second-order valence-corrected chi connectivity index (χ2v) is 9.79. The zero-order valence-electron chi connectivity index (χ0n) is 26.1. The van der Waals surface area contributed by atoms with Gasteiger partial charge in [-0.15, -0.1) is 0 Å². The summed E-state index contributed by atoms with van der Waals surface area (Å²) in [6.07, 6.45) is -6.77. The minimum absolute atomic E-state index is 0.137. The summed E-state index contributed by atoms with van der Waals surface area (Å²) in [5.74, 6) is -1.46. The largest absolute Gasteiger partial charge is 0.493 e. The lowest BCUT2D eigenvalue weighted by Crippen LogP contribution is -2.58. The van der Waals surface area contributed by atoms with Crippen LogP contribution >= 0.6 is 0 Å². The molecule has 0 unspecified atom stereocenters. The number of carbonyl (C=O) groups excluding carboxylic acids is 4. The highest BCUT2D eigenvalue weighted by molar-refractivity contribution is 5.70. The van der Waals surface area contributed by atoms with Gasteiger partial charge in [0.15, 0.2) is 47.6 Å². The minimum atomic E-state index is -1.21. The lowest BCUT2D eigenvalue weighted by Gasteiger charge is -2.42. The van der Waals surface area contributed by atoms with Crippen LogP contribution in [0.4, 0.5) is 0 Å². The van der Waals surface area contributed by atoms with Gasteiger partial charge in [-0.05, 0) is 29.8 Å². The Bertz CT molecular complexity index is 1330. The summed E-state index contributed by atoms with van der Waals surface area (Å²) in [5, 5.41) is 0. The van der Waals surface area contributed by atoms with E-state index in [0.717, 1.165) is 0 Å². The van der Waals surface area contributed by atoms with Gasteiger partial charge in [-0.2, -0.15) is 0 Å². The first-order valence-electron chi connectivity index (χ1n) is 13.9. The summed E-state index contributed by atoms with van der Waals surface area (Å²) < 4.78 is 56.9. The van der Waals surface area contributed by atoms with Crippen LogP contribution < -0.4 is 18.9 Å². The molecule has 0 radical (unpaired) electrons. The van der Waals surface area contributed by atoms with Crippen LogP contribution in [0.15, 0.2) is 42.5 Å². The molecular formula is C31H38O14. The van der Waals surface area contributed by atoms with Gasteiger partial charge in [0, 0.05) is 34.8 Å². The second-order valence-electron chi connectivity index (χ2n) is 9.79. The Morgan fingerprint density at radius 1 is 0.778 bits per heavy atom. The van der Waals surface area contributed by atoms with Crippen LogP contribution in [0.25, 0.3) is 0 Å². The molecule has 0 N–H and O–H groups in total. The van der Waals surface area contributed by atoms with Crippen LogP contribution in [0.3, 0.4) is 0 Å². The fourth-order valence-corrected chi connectivity index (χ4v) is 4.65. The predicted octanol–water partition coefficient (Wildman–Crippen LogP) is 2.93. The van der Waals surface area contributed by atoms with E-state index in [1.807, 2.05) is 0 Å². The van der Waals surface area contributed by atoms with E-state index in [4.69, 9.17) is 47.4 Å². The van der Waals surface area contributed by atoms with Crippen LogP contribution in [0, 0.1) is 0 Å². The van der Waals surface area contributed by atoms with Crippen molar-refractivity contribution in [1.29, 1.82) is 0 Å². The lowest BCUT2D eigenvalue weighted by molar-refractivity contribution is -0.293. The average molecular weight is 635 g/mol. The Hall–Kier alpha value is -4.40. The fraction of sp³-hybridized carbons (Fsp3) is 0.484. The van der Waals surface area contributed by atoms with Gasteiger partial charge in [-0.1, -0.05) is 18.2 Å². The fourth-order valence-electron chi connectivity index (χ4n) is 4.65. The van der Waals surface area contributed by atoms with Gasteiger partial charge < -0.3 is 47.4 Å². The van der Waals surface area contributed by atoms with E-state index in [1.54, 1.807) is 36.4 Å². The normalized spacial score (nSPS) is 20.6. The zero-order valence-corrected chi connectivity index (χ0v) is 26.1. The molecule has 0 aromatic heterocycles. The summed E-state index contributed by atoms with van der Waals surface area (Å²) >= 11 is 0. The van der Waals surface area contributed by atoms with Crippen LogP contribution in [-0.2, 0) is 47.6 Å². The summed E-state index contributed by atoms with van der Waals surface area (Å²) in [4.78, 5) is 47.8. The molecule has 2 aromatic rings. The summed E-state index contributed by atoms with van der Waals surface area (Å²) in [6.45, 7) is 4.42. The molecule has 0 saturated carbocycles. The van der Waals surface area contributed by atoms with Crippen molar-refractivity contribution in [2.24, 2.45) is 0 Å². The first-order chi connectivity index (χ1) is 21.5. The van der Waals surface area contributed by atoms with Crippen molar-refractivity contribution in [3.63, 3.8) is 0 Å². The van der Waals surface area contributed by atoms with Crippen molar-refractivity contribution < 1.29 is 66.5 Å². The number of hydrogen-bond donors (Lipinski definition) is 0. The Morgan fingerprint density at radius 3 is 2.02 bits per heavy atom. The van der Waals surface area contributed by atoms with E-state index in [1.165, 1.54) is 55.1 Å². The number of carbonyl (C=O) groups is 4. The smallest absolute Gasteiger partial charge is 0.308 e. The van der Waals surface area contributed by atoms with Gasteiger partial charge >= 0.3 is 23.9 Å². The van der Waals surface area contributed by atoms with Gasteiger partial charge in [0.1, 0.15) is 18.8 Å². The van der Waals surface area contributed by atoms with Crippen LogP contribution in [0.1, 0.15) is 39.4 Å². The van der Waals surface area contributed by atoms with E-state index in [-0.39, 0.29) is 24.7 Å². The second kappa shape index (κ2) is 16.6. The molecule has 1 fully saturated rings. The summed E-state index contributed by atoms with van der Waals surface area (Å²) in [7, 11) is 4.23. The molecular weight excluding hydrogens is 596 g/mol. The first kappa shape index (κ1) is 35.1. The molecule has 3 rings (SSSR count). The lowest BCUT2D eigenvalue weighted by atomic mass is 10.00. The SMILES string of the molecule is COc1cc([C@@H](O[C@H]2[C@H](OC)OC[C@@H](OC(C)=O)[C@@H]2OC(C)=O)[C@H](COC(C)=O)Oc2ccccc2OC)ccc1OC(C)=O. The van der Waals surface area contributed by atoms with Gasteiger partial charge in [0.25, 0.3) is 0 Å². The number of esters is 4. The summed E-state index contributed by atoms with van der Waals surface area (Å²) in [5.41, 5.74) is 0.404. The molecule has 246 valence electrons. The quantitative estimate of drug-likeness (QED) is 0.169. The third-order valence-electron chi connectivity index (χ3n) is 6.44. The highest BCUT2D eigenvalue weighted by Crippen LogP contribution is 2.38. The molecule has 6 atom stereocenters. The maximum atomic E-state index is 12.2. The Kier molecular flexibility index (Phi) is 12.9. The molecule has 0 spiro atoms. The Balaban J connectivity index is 2.18. The van der Waals surface area contributed by atoms with Gasteiger partial charge in [-0.3, -0.25) is 19.2 Å². The molecule has 1 aliphatic rings. The predicted molar refractivity (Wildman–Crippen MR) is 154 cm³/mol. The van der Waals surface area contributed by atoms with Crippen molar-refractivity contribution in [3.05, 3.63) is 48.0 Å². The maximum absolute atomic E-state index is 12.2. The minimum Gasteiger partial charge on any atom is -0.493 e. The van der Waals surface area contributed by atoms with Crippen molar-refractivity contribution in [2.45, 2.75) is 64.5 Å². The molecule has 1 saturated heterocycles. The number of benzene rings is 2. The maximum Gasteiger partial charge on any atom is 0.308 e. The average Bonchev–Trinajstić information content (AvgIpc) is 2.99. The number of ether oxygens (including phenoxy) is 10. The standard InChI is InChI=1S/C31H38O14/c1-17(32)39-15-26(44-23-11-9-8-10-22(23)36-5)28(21-12-13-24(41-18(2)33)25(14-21)37-6)45-30-29(43-20(4)35)27(42-19(3)34)16-40-31(30)38-7/h8-14,26-31H,15-16H2,1-7H3/t26-,27+,28+,29-,30+,31+/m0/s1. The Labute approximate surface area is 260 Å². The van der Waals surface area contributed by atoms with Gasteiger partial charge in [0.2, 0.25) is 0 Å². The molecule has 45 heavy (non-hydrogen) atoms. The van der Waals surface area contributed by atoms with E-state index in [2.05, 4.69) is 0 Å². The third kappa shape index (κ3) is 9.80. The number of para-hydroxylation sites is 2. The van der Waals surface area contributed by atoms with Crippen molar-refractivity contribution in [3.8, 4) is 23.0 Å². The molecule has 14 nitrogen and oxygen atoms in total. The zero-order chi connectivity index (χ0) is 33.1. The van der Waals surface area contributed by atoms with E-state index < -0.39 is 60.7 Å². The molecule has 1 aliphatic heterocycles. The summed E-state index contributed by atoms with van der Waals surface area (Å²) in [6, 6.07) is 11.4. The first-order valence-corrected chi connectivity index (χ1v) is 13.9. The number of rotatable bonds is 14. The topological polar surface area (TPSA) is 161 Å². The molecule has 2 aromatic carbocycles. The molecule has 1 heterocycles. The van der Waals surface area contributed by atoms with Crippen LogP contribution in [0.5, 0.6) is 23.0 Å².